The van der Waals surface area contributed by atoms with E-state index in [1.165, 1.54) is 25.9 Å². The predicted octanol–water partition coefficient (Wildman–Crippen LogP) is 1.08. The zero-order chi connectivity index (χ0) is 13.5. The lowest BCUT2D eigenvalue weighted by Crippen LogP contribution is -2.43. The molecule has 1 fully saturated rings. The maximum absolute atomic E-state index is 11.7. The number of hydrogen-bond donors (Lipinski definition) is 2. The molecule has 1 unspecified atom stereocenters. The lowest BCUT2D eigenvalue weighted by atomic mass is 9.97. The Hall–Kier alpha value is -0.610. The Morgan fingerprint density at radius 3 is 2.44 bits per heavy atom. The zero-order valence-corrected chi connectivity index (χ0v) is 12.3. The highest BCUT2D eigenvalue weighted by atomic mass is 16.1. The number of nitrogens with zero attached hydrogens (tertiary/aromatic N) is 1. The Bertz CT molecular complexity index is 247. The fourth-order valence-electron chi connectivity index (χ4n) is 2.13. The van der Waals surface area contributed by atoms with E-state index < -0.39 is 0 Å². The molecule has 0 aromatic heterocycles. The molecule has 2 N–H and O–H groups in total. The molecule has 1 aliphatic heterocycles. The van der Waals surface area contributed by atoms with E-state index in [0.29, 0.717) is 12.5 Å². The topological polar surface area (TPSA) is 44.4 Å². The summed E-state index contributed by atoms with van der Waals surface area (Å²) < 4.78 is 0. The third-order valence-electron chi connectivity index (χ3n) is 3.95. The SMILES string of the molecule is CC(C)C(C)NC(=O)CNCC1CCN(C)CC1. The molecule has 0 radical (unpaired) electrons. The third kappa shape index (κ3) is 5.83. The first kappa shape index (κ1) is 15.4. The van der Waals surface area contributed by atoms with Gasteiger partial charge < -0.3 is 15.5 Å². The third-order valence-corrected chi connectivity index (χ3v) is 3.95. The van der Waals surface area contributed by atoms with Crippen LogP contribution in [0.25, 0.3) is 0 Å². The van der Waals surface area contributed by atoms with Crippen molar-refractivity contribution in [3.05, 3.63) is 0 Å². The van der Waals surface area contributed by atoms with Crippen LogP contribution < -0.4 is 10.6 Å². The summed E-state index contributed by atoms with van der Waals surface area (Å²) in [6.45, 7) is 10.1. The molecule has 0 aromatic rings. The summed E-state index contributed by atoms with van der Waals surface area (Å²) in [7, 11) is 2.17. The lowest BCUT2D eigenvalue weighted by Gasteiger charge is -2.29. The summed E-state index contributed by atoms with van der Waals surface area (Å²) in [6, 6.07) is 0.252. The first-order valence-corrected chi connectivity index (χ1v) is 7.17. The highest BCUT2D eigenvalue weighted by Crippen LogP contribution is 2.14. The van der Waals surface area contributed by atoms with Gasteiger partial charge in [0, 0.05) is 6.04 Å². The Morgan fingerprint density at radius 1 is 1.28 bits per heavy atom. The molecule has 1 heterocycles. The number of carbonyl (C=O) groups excluding carboxylic acids is 1. The molecule has 1 rings (SSSR count). The van der Waals surface area contributed by atoms with Gasteiger partial charge in [0.15, 0.2) is 0 Å². The van der Waals surface area contributed by atoms with Crippen molar-refractivity contribution in [1.82, 2.24) is 15.5 Å². The number of piperidine rings is 1. The molecule has 4 heteroatoms. The van der Waals surface area contributed by atoms with Crippen LogP contribution in [0.5, 0.6) is 0 Å². The van der Waals surface area contributed by atoms with Gasteiger partial charge in [-0.1, -0.05) is 13.8 Å². The van der Waals surface area contributed by atoms with Gasteiger partial charge in [0.1, 0.15) is 0 Å². The summed E-state index contributed by atoms with van der Waals surface area (Å²) in [5.74, 6) is 1.34. The van der Waals surface area contributed by atoms with E-state index in [1.54, 1.807) is 0 Å². The molecule has 18 heavy (non-hydrogen) atoms. The predicted molar refractivity (Wildman–Crippen MR) is 75.5 cm³/mol. The Balaban J connectivity index is 2.08. The van der Waals surface area contributed by atoms with Crippen LogP contribution >= 0.6 is 0 Å². The number of rotatable bonds is 6. The standard InChI is InChI=1S/C14H29N3O/c1-11(2)12(3)16-14(18)10-15-9-13-5-7-17(4)8-6-13/h11-13,15H,5-10H2,1-4H3,(H,16,18). The van der Waals surface area contributed by atoms with Gasteiger partial charge in [-0.3, -0.25) is 4.79 Å². The molecule has 0 bridgehead atoms. The second kappa shape index (κ2) is 7.74. The maximum atomic E-state index is 11.7. The van der Waals surface area contributed by atoms with Gasteiger partial charge in [0.25, 0.3) is 0 Å². The van der Waals surface area contributed by atoms with E-state index in [4.69, 9.17) is 0 Å². The van der Waals surface area contributed by atoms with Gasteiger partial charge in [0.05, 0.1) is 6.54 Å². The minimum Gasteiger partial charge on any atom is -0.352 e. The van der Waals surface area contributed by atoms with Gasteiger partial charge >= 0.3 is 0 Å². The van der Waals surface area contributed by atoms with Crippen LogP contribution in [-0.4, -0.2) is 50.1 Å². The van der Waals surface area contributed by atoms with E-state index in [1.807, 2.05) is 0 Å². The second-order valence-corrected chi connectivity index (χ2v) is 5.98. The number of carbonyl (C=O) groups is 1. The van der Waals surface area contributed by atoms with E-state index in [-0.39, 0.29) is 11.9 Å². The molecule has 1 aliphatic rings. The van der Waals surface area contributed by atoms with Crippen LogP contribution in [0.4, 0.5) is 0 Å². The first-order chi connectivity index (χ1) is 8.49. The molecule has 1 saturated heterocycles. The summed E-state index contributed by atoms with van der Waals surface area (Å²) >= 11 is 0. The highest BCUT2D eigenvalue weighted by molar-refractivity contribution is 5.78. The molecule has 1 atom stereocenters. The van der Waals surface area contributed by atoms with Crippen molar-refractivity contribution in [3.8, 4) is 0 Å². The van der Waals surface area contributed by atoms with Crippen LogP contribution in [-0.2, 0) is 4.79 Å². The number of nitrogens with one attached hydrogen (secondary N) is 2. The quantitative estimate of drug-likeness (QED) is 0.746. The Labute approximate surface area is 111 Å². The fourth-order valence-corrected chi connectivity index (χ4v) is 2.13. The fraction of sp³-hybridized carbons (Fsp3) is 0.929. The monoisotopic (exact) mass is 255 g/mol. The average Bonchev–Trinajstić information content (AvgIpc) is 2.31. The molecule has 0 spiro atoms. The highest BCUT2D eigenvalue weighted by Gasteiger charge is 2.16. The van der Waals surface area contributed by atoms with Crippen molar-refractivity contribution in [1.29, 1.82) is 0 Å². The number of hydrogen-bond acceptors (Lipinski definition) is 3. The largest absolute Gasteiger partial charge is 0.352 e. The van der Waals surface area contributed by atoms with Gasteiger partial charge in [0.2, 0.25) is 5.91 Å². The molecule has 106 valence electrons. The van der Waals surface area contributed by atoms with Crippen molar-refractivity contribution >= 4 is 5.91 Å². The summed E-state index contributed by atoms with van der Waals surface area (Å²) in [4.78, 5) is 14.0. The minimum atomic E-state index is 0.115. The number of amides is 1. The van der Waals surface area contributed by atoms with Crippen molar-refractivity contribution in [2.24, 2.45) is 11.8 Å². The van der Waals surface area contributed by atoms with E-state index in [2.05, 4.69) is 43.4 Å². The second-order valence-electron chi connectivity index (χ2n) is 5.98. The molecule has 1 amide bonds. The average molecular weight is 255 g/mol. The van der Waals surface area contributed by atoms with Gasteiger partial charge in [-0.2, -0.15) is 0 Å². The lowest BCUT2D eigenvalue weighted by molar-refractivity contribution is -0.121. The van der Waals surface area contributed by atoms with E-state index in [9.17, 15) is 4.79 Å². The Morgan fingerprint density at radius 2 is 1.89 bits per heavy atom. The van der Waals surface area contributed by atoms with Gasteiger partial charge in [-0.15, -0.1) is 0 Å². The minimum absolute atomic E-state index is 0.115. The molecule has 0 aromatic carbocycles. The summed E-state index contributed by atoms with van der Waals surface area (Å²) in [5, 5.41) is 6.30. The molecule has 0 saturated carbocycles. The van der Waals surface area contributed by atoms with Crippen molar-refractivity contribution in [2.75, 3.05) is 33.2 Å². The van der Waals surface area contributed by atoms with Crippen molar-refractivity contribution in [2.45, 2.75) is 39.7 Å². The molecule has 4 nitrogen and oxygen atoms in total. The van der Waals surface area contributed by atoms with Crippen LogP contribution in [0.15, 0.2) is 0 Å². The van der Waals surface area contributed by atoms with E-state index >= 15 is 0 Å². The van der Waals surface area contributed by atoms with E-state index in [0.717, 1.165) is 12.5 Å². The van der Waals surface area contributed by atoms with Crippen LogP contribution in [0.1, 0.15) is 33.6 Å². The van der Waals surface area contributed by atoms with Crippen molar-refractivity contribution < 1.29 is 4.79 Å². The Kier molecular flexibility index (Phi) is 6.65. The van der Waals surface area contributed by atoms with Gasteiger partial charge in [-0.05, 0) is 58.3 Å². The zero-order valence-electron chi connectivity index (χ0n) is 12.3. The van der Waals surface area contributed by atoms with Crippen LogP contribution in [0.3, 0.4) is 0 Å². The first-order valence-electron chi connectivity index (χ1n) is 7.17. The summed E-state index contributed by atoms with van der Waals surface area (Å²) in [5.41, 5.74) is 0. The van der Waals surface area contributed by atoms with Gasteiger partial charge in [-0.25, -0.2) is 0 Å². The number of likely N-dealkylation sites (tertiary alicyclic amines) is 1. The van der Waals surface area contributed by atoms with Crippen molar-refractivity contribution in [3.63, 3.8) is 0 Å². The summed E-state index contributed by atoms with van der Waals surface area (Å²) in [6.07, 6.45) is 2.49. The smallest absolute Gasteiger partial charge is 0.234 e. The van der Waals surface area contributed by atoms with Crippen LogP contribution in [0.2, 0.25) is 0 Å². The molecular formula is C14H29N3O. The normalized spacial score (nSPS) is 20.1. The molecular weight excluding hydrogens is 226 g/mol. The van der Waals surface area contributed by atoms with Crippen LogP contribution in [0, 0.1) is 11.8 Å². The molecule has 0 aliphatic carbocycles. The maximum Gasteiger partial charge on any atom is 0.234 e.